The van der Waals surface area contributed by atoms with E-state index in [2.05, 4.69) is 22.5 Å². The molecule has 0 bridgehead atoms. The maximum Gasteiger partial charge on any atom is 0.343 e. The second kappa shape index (κ2) is 11.4. The fourth-order valence-electron chi connectivity index (χ4n) is 3.49. The first kappa shape index (κ1) is 24.8. The molecule has 0 aliphatic heterocycles. The van der Waals surface area contributed by atoms with Gasteiger partial charge in [-0.25, -0.2) is 9.79 Å². The summed E-state index contributed by atoms with van der Waals surface area (Å²) < 4.78 is 13.3. The molecule has 0 amide bonds. The van der Waals surface area contributed by atoms with Crippen molar-refractivity contribution in [3.05, 3.63) is 117 Å². The van der Waals surface area contributed by atoms with Gasteiger partial charge in [0.1, 0.15) is 11.5 Å². The first-order chi connectivity index (χ1) is 17.4. The van der Waals surface area contributed by atoms with Gasteiger partial charge in [-0.2, -0.15) is 0 Å². The number of para-hydroxylation sites is 2. The zero-order chi connectivity index (χ0) is 25.5. The molecule has 36 heavy (non-hydrogen) atoms. The fourth-order valence-corrected chi connectivity index (χ4v) is 4.53. The highest BCUT2D eigenvalue weighted by Crippen LogP contribution is 2.18. The Hall–Kier alpha value is -4.36. The van der Waals surface area contributed by atoms with E-state index in [0.717, 1.165) is 31.5 Å². The second-order valence-electron chi connectivity index (χ2n) is 7.92. The molecule has 0 unspecified atom stereocenters. The second-order valence-corrected chi connectivity index (χ2v) is 8.93. The zero-order valence-electron chi connectivity index (χ0n) is 19.9. The lowest BCUT2D eigenvalue weighted by molar-refractivity contribution is -0.142. The summed E-state index contributed by atoms with van der Waals surface area (Å²) in [6.45, 7) is 8.31. The smallest absolute Gasteiger partial charge is 0.343 e. The van der Waals surface area contributed by atoms with Gasteiger partial charge in [-0.1, -0.05) is 85.2 Å². The standard InChI is InChI=1S/C29H26N2O4S/c1-20-27(17-24-9-7-8-12-26(24)35-19-28(33)34-3)36-29(30-25-10-5-4-6-11-25)31(20)18-22-13-15-23(16-14-22)21(2)32/h4-17,32H,1-2,18-19H2,3H3/b27-17-,30-29?. The number of aliphatic hydroxyl groups is 1. The summed E-state index contributed by atoms with van der Waals surface area (Å²) in [4.78, 5) is 17.2. The normalized spacial score (nSPS) is 11.9. The van der Waals surface area contributed by atoms with Crippen LogP contribution in [0.1, 0.15) is 16.7 Å². The average molecular weight is 499 g/mol. The molecule has 1 aromatic heterocycles. The highest BCUT2D eigenvalue weighted by molar-refractivity contribution is 7.07. The SMILES string of the molecule is C=C(O)c1ccc(Cn2c(=Nc3ccccc3)s/c(=C\c3ccccc3OCC(=O)OC)c2=C)cc1. The van der Waals surface area contributed by atoms with Crippen LogP contribution in [0.15, 0.2) is 90.4 Å². The highest BCUT2D eigenvalue weighted by atomic mass is 32.1. The molecule has 0 fully saturated rings. The van der Waals surface area contributed by atoms with Crippen LogP contribution in [0, 0.1) is 0 Å². The van der Waals surface area contributed by atoms with Crippen LogP contribution in [0.3, 0.4) is 0 Å². The lowest BCUT2D eigenvalue weighted by Crippen LogP contribution is -2.31. The predicted octanol–water partition coefficient (Wildman–Crippen LogP) is 4.15. The van der Waals surface area contributed by atoms with E-state index in [1.54, 1.807) is 0 Å². The summed E-state index contributed by atoms with van der Waals surface area (Å²) in [5.74, 6) is 0.160. The fraction of sp³-hybridized carbons (Fsp3) is 0.103. The van der Waals surface area contributed by atoms with E-state index in [4.69, 9.17) is 9.73 Å². The molecule has 7 heteroatoms. The van der Waals surface area contributed by atoms with Gasteiger partial charge in [-0.15, -0.1) is 0 Å². The number of hydrogen-bond donors (Lipinski definition) is 1. The summed E-state index contributed by atoms with van der Waals surface area (Å²) in [7, 11) is 1.33. The number of nitrogens with zero attached hydrogens (tertiary/aromatic N) is 2. The molecule has 0 radical (unpaired) electrons. The first-order valence-electron chi connectivity index (χ1n) is 11.2. The number of esters is 1. The van der Waals surface area contributed by atoms with Gasteiger partial charge >= 0.3 is 5.97 Å². The summed E-state index contributed by atoms with van der Waals surface area (Å²) >= 11 is 1.52. The molecule has 1 heterocycles. The number of carbonyl (C=O) groups is 1. The van der Waals surface area contributed by atoms with Gasteiger partial charge in [0.15, 0.2) is 11.4 Å². The van der Waals surface area contributed by atoms with Crippen LogP contribution in [0.5, 0.6) is 5.75 Å². The zero-order valence-corrected chi connectivity index (χ0v) is 20.7. The van der Waals surface area contributed by atoms with Crippen LogP contribution in [0.25, 0.3) is 18.4 Å². The van der Waals surface area contributed by atoms with E-state index < -0.39 is 5.97 Å². The third-order valence-corrected chi connectivity index (χ3v) is 6.50. The van der Waals surface area contributed by atoms with E-state index in [1.807, 2.05) is 84.9 Å². The molecular formula is C29H26N2O4S. The molecule has 0 spiro atoms. The highest BCUT2D eigenvalue weighted by Gasteiger charge is 2.08. The minimum Gasteiger partial charge on any atom is -0.508 e. The van der Waals surface area contributed by atoms with Crippen LogP contribution in [0.2, 0.25) is 0 Å². The Labute approximate surface area is 213 Å². The number of thiazole rings is 1. The Balaban J connectivity index is 1.80. The largest absolute Gasteiger partial charge is 0.508 e. The quantitative estimate of drug-likeness (QED) is 0.293. The van der Waals surface area contributed by atoms with E-state index in [-0.39, 0.29) is 12.4 Å². The van der Waals surface area contributed by atoms with Crippen LogP contribution in [0.4, 0.5) is 5.69 Å². The van der Waals surface area contributed by atoms with Gasteiger partial charge in [-0.05, 0) is 29.8 Å². The van der Waals surface area contributed by atoms with Gasteiger partial charge in [0, 0.05) is 11.1 Å². The third-order valence-electron chi connectivity index (χ3n) is 5.43. The van der Waals surface area contributed by atoms with Crippen molar-refractivity contribution in [2.24, 2.45) is 4.99 Å². The van der Waals surface area contributed by atoms with Crippen molar-refractivity contribution >= 4 is 41.4 Å². The van der Waals surface area contributed by atoms with Crippen LogP contribution < -0.4 is 19.4 Å². The number of carbonyl (C=O) groups excluding carboxylic acids is 1. The lowest BCUT2D eigenvalue weighted by Gasteiger charge is -2.07. The average Bonchev–Trinajstić information content (AvgIpc) is 3.17. The molecule has 4 rings (SSSR count). The van der Waals surface area contributed by atoms with Crippen molar-refractivity contribution in [3.8, 4) is 5.75 Å². The molecule has 1 N–H and O–H groups in total. The topological polar surface area (TPSA) is 73.0 Å². The number of benzene rings is 3. The van der Waals surface area contributed by atoms with E-state index in [1.165, 1.54) is 18.4 Å². The van der Waals surface area contributed by atoms with Gasteiger partial charge in [0.25, 0.3) is 0 Å². The molecular weight excluding hydrogens is 472 g/mol. The molecule has 3 aromatic carbocycles. The Bertz CT molecular complexity index is 1550. The minimum atomic E-state index is -0.448. The number of aliphatic hydroxyl groups excluding tert-OH is 1. The minimum absolute atomic E-state index is 0.0346. The molecule has 0 saturated carbocycles. The Morgan fingerprint density at radius 2 is 1.75 bits per heavy atom. The predicted molar refractivity (Wildman–Crippen MR) is 143 cm³/mol. The van der Waals surface area contributed by atoms with E-state index in [0.29, 0.717) is 17.9 Å². The monoisotopic (exact) mass is 498 g/mol. The summed E-state index contributed by atoms with van der Waals surface area (Å²) in [5.41, 5.74) is 3.37. The van der Waals surface area contributed by atoms with Crippen molar-refractivity contribution in [2.45, 2.75) is 6.54 Å². The Morgan fingerprint density at radius 1 is 1.06 bits per heavy atom. The first-order valence-corrected chi connectivity index (χ1v) is 12.0. The molecule has 0 atom stereocenters. The van der Waals surface area contributed by atoms with Gasteiger partial charge in [-0.3, -0.25) is 0 Å². The van der Waals surface area contributed by atoms with Gasteiger partial charge < -0.3 is 19.1 Å². The maximum absolute atomic E-state index is 11.6. The third kappa shape index (κ3) is 6.00. The van der Waals surface area contributed by atoms with Crippen molar-refractivity contribution in [1.29, 1.82) is 0 Å². The molecule has 182 valence electrons. The Morgan fingerprint density at radius 3 is 2.44 bits per heavy atom. The van der Waals surface area contributed by atoms with Crippen molar-refractivity contribution < 1.29 is 19.4 Å². The number of ether oxygens (including phenoxy) is 2. The molecule has 4 aromatic rings. The number of methoxy groups -OCH3 is 1. The number of hydrogen-bond acceptors (Lipinski definition) is 6. The van der Waals surface area contributed by atoms with E-state index >= 15 is 0 Å². The lowest BCUT2D eigenvalue weighted by atomic mass is 10.1. The molecule has 0 saturated heterocycles. The van der Waals surface area contributed by atoms with Gasteiger partial charge in [0.2, 0.25) is 0 Å². The van der Waals surface area contributed by atoms with Crippen molar-refractivity contribution in [2.75, 3.05) is 13.7 Å². The van der Waals surface area contributed by atoms with E-state index in [9.17, 15) is 9.90 Å². The number of rotatable bonds is 8. The molecule has 6 nitrogen and oxygen atoms in total. The number of aromatic nitrogens is 1. The summed E-state index contributed by atoms with van der Waals surface area (Å²) in [6.07, 6.45) is 1.99. The van der Waals surface area contributed by atoms with Crippen LogP contribution >= 0.6 is 11.3 Å². The maximum atomic E-state index is 11.6. The summed E-state index contributed by atoms with van der Waals surface area (Å²) in [6, 6.07) is 24.8. The Kier molecular flexibility index (Phi) is 7.82. The molecule has 0 aliphatic carbocycles. The van der Waals surface area contributed by atoms with Crippen molar-refractivity contribution in [1.82, 2.24) is 4.57 Å². The van der Waals surface area contributed by atoms with Crippen molar-refractivity contribution in [3.63, 3.8) is 0 Å². The van der Waals surface area contributed by atoms with Crippen LogP contribution in [-0.4, -0.2) is 29.4 Å². The molecule has 0 aliphatic rings. The van der Waals surface area contributed by atoms with Crippen LogP contribution in [-0.2, 0) is 16.1 Å². The van der Waals surface area contributed by atoms with Gasteiger partial charge in [0.05, 0.1) is 29.2 Å². The summed E-state index contributed by atoms with van der Waals surface area (Å²) in [5, 5.41) is 10.4.